The van der Waals surface area contributed by atoms with Gasteiger partial charge in [-0.3, -0.25) is 4.99 Å². The van der Waals surface area contributed by atoms with Gasteiger partial charge >= 0.3 is 5.97 Å². The Bertz CT molecular complexity index is 1250. The van der Waals surface area contributed by atoms with Crippen LogP contribution in [0.25, 0.3) is 16.6 Å². The Kier molecular flexibility index (Phi) is 6.72. The summed E-state index contributed by atoms with van der Waals surface area (Å²) in [6, 6.07) is 10.1. The van der Waals surface area contributed by atoms with Crippen molar-refractivity contribution < 1.29 is 14.3 Å². The second kappa shape index (κ2) is 9.51. The second-order valence-electron chi connectivity index (χ2n) is 7.90. The van der Waals surface area contributed by atoms with Crippen LogP contribution in [0.15, 0.2) is 57.3 Å². The largest absolute Gasteiger partial charge is 0.478 e. The molecule has 4 rings (SSSR count). The normalized spacial score (nSPS) is 16.2. The van der Waals surface area contributed by atoms with Gasteiger partial charge in [-0.25, -0.2) is 9.18 Å². The molecule has 1 aliphatic heterocycles. The van der Waals surface area contributed by atoms with Crippen LogP contribution in [0.1, 0.15) is 42.2 Å². The SMILES string of the molecule is CCCC1C=C(n2c(C)c(Sc3cccc(C(=O)O)c3F)c3ccc(Cl)cc32)C=NCC1. The summed E-state index contributed by atoms with van der Waals surface area (Å²) in [7, 11) is 0. The molecule has 0 radical (unpaired) electrons. The lowest BCUT2D eigenvalue weighted by atomic mass is 9.99. The van der Waals surface area contributed by atoms with Gasteiger partial charge in [-0.1, -0.05) is 54.9 Å². The third-order valence-corrected chi connectivity index (χ3v) is 7.18. The molecular weight excluding hydrogens is 447 g/mol. The Morgan fingerprint density at radius 2 is 2.16 bits per heavy atom. The molecule has 0 bridgehead atoms. The molecule has 0 saturated heterocycles. The highest BCUT2D eigenvalue weighted by Gasteiger charge is 2.22. The number of carboxylic acid groups (broad SMARTS) is 1. The van der Waals surface area contributed by atoms with E-state index in [1.54, 1.807) is 12.1 Å². The van der Waals surface area contributed by atoms with Crippen molar-refractivity contribution in [1.82, 2.24) is 4.57 Å². The topological polar surface area (TPSA) is 54.6 Å². The van der Waals surface area contributed by atoms with Crippen LogP contribution in [0, 0.1) is 18.7 Å². The number of nitrogens with zero attached hydrogens (tertiary/aromatic N) is 2. The van der Waals surface area contributed by atoms with Crippen LogP contribution in [-0.4, -0.2) is 28.4 Å². The van der Waals surface area contributed by atoms with Gasteiger partial charge in [-0.15, -0.1) is 0 Å². The van der Waals surface area contributed by atoms with Crippen molar-refractivity contribution in [3.8, 4) is 0 Å². The van der Waals surface area contributed by atoms with Crippen LogP contribution in [0.4, 0.5) is 4.39 Å². The van der Waals surface area contributed by atoms with E-state index in [4.69, 9.17) is 11.6 Å². The minimum absolute atomic E-state index is 0.273. The van der Waals surface area contributed by atoms with Gasteiger partial charge in [-0.05, 0) is 49.9 Å². The first-order chi connectivity index (χ1) is 15.4. The molecule has 0 spiro atoms. The molecule has 7 heteroatoms. The summed E-state index contributed by atoms with van der Waals surface area (Å²) in [5.41, 5.74) is 2.50. The van der Waals surface area contributed by atoms with Crippen molar-refractivity contribution >= 4 is 52.1 Å². The van der Waals surface area contributed by atoms with Crippen LogP contribution in [0.2, 0.25) is 5.02 Å². The molecule has 0 aliphatic carbocycles. The molecular formula is C25H24ClFN2O2S. The Morgan fingerprint density at radius 3 is 2.91 bits per heavy atom. The third-order valence-electron chi connectivity index (χ3n) is 5.69. The summed E-state index contributed by atoms with van der Waals surface area (Å²) >= 11 is 7.58. The summed E-state index contributed by atoms with van der Waals surface area (Å²) in [6.45, 7) is 4.96. The van der Waals surface area contributed by atoms with E-state index in [0.717, 1.165) is 53.0 Å². The van der Waals surface area contributed by atoms with E-state index in [1.165, 1.54) is 17.8 Å². The zero-order valence-electron chi connectivity index (χ0n) is 17.9. The van der Waals surface area contributed by atoms with Crippen molar-refractivity contribution in [2.45, 2.75) is 42.9 Å². The van der Waals surface area contributed by atoms with E-state index in [-0.39, 0.29) is 10.5 Å². The van der Waals surface area contributed by atoms with Crippen LogP contribution >= 0.6 is 23.4 Å². The molecule has 32 heavy (non-hydrogen) atoms. The monoisotopic (exact) mass is 470 g/mol. The number of halogens is 2. The lowest BCUT2D eigenvalue weighted by Crippen LogP contribution is -2.03. The van der Waals surface area contributed by atoms with Gasteiger partial charge in [0.1, 0.15) is 0 Å². The van der Waals surface area contributed by atoms with Gasteiger partial charge < -0.3 is 9.67 Å². The molecule has 1 unspecified atom stereocenters. The number of aliphatic imine (C=N–C) groups is 1. The maximum Gasteiger partial charge on any atom is 0.338 e. The molecule has 0 fully saturated rings. The average Bonchev–Trinajstić information content (AvgIpc) is 2.89. The van der Waals surface area contributed by atoms with Gasteiger partial charge in [-0.2, -0.15) is 0 Å². The number of hydrogen-bond acceptors (Lipinski definition) is 3. The number of rotatable bonds is 6. The lowest BCUT2D eigenvalue weighted by Gasteiger charge is -2.13. The van der Waals surface area contributed by atoms with E-state index in [9.17, 15) is 14.3 Å². The Labute approximate surface area is 195 Å². The summed E-state index contributed by atoms with van der Waals surface area (Å²) < 4.78 is 17.0. The van der Waals surface area contributed by atoms with Crippen molar-refractivity contribution in [2.75, 3.05) is 6.54 Å². The average molecular weight is 471 g/mol. The van der Waals surface area contributed by atoms with E-state index in [1.807, 2.05) is 31.3 Å². The molecule has 1 atom stereocenters. The predicted molar refractivity (Wildman–Crippen MR) is 130 cm³/mol. The minimum Gasteiger partial charge on any atom is -0.478 e. The predicted octanol–water partition coefficient (Wildman–Crippen LogP) is 7.32. The molecule has 2 aromatic carbocycles. The molecule has 0 saturated carbocycles. The number of fused-ring (bicyclic) bond motifs is 1. The number of allylic oxidation sites excluding steroid dienone is 2. The summed E-state index contributed by atoms with van der Waals surface area (Å²) in [6.07, 6.45) is 7.39. The van der Waals surface area contributed by atoms with Crippen LogP contribution in [0.3, 0.4) is 0 Å². The zero-order chi connectivity index (χ0) is 22.8. The fourth-order valence-electron chi connectivity index (χ4n) is 4.18. The number of carboxylic acids is 1. The Balaban J connectivity index is 1.89. The number of benzene rings is 2. The van der Waals surface area contributed by atoms with Crippen molar-refractivity contribution in [3.05, 3.63) is 64.6 Å². The Hall–Kier alpha value is -2.57. The molecule has 0 amide bonds. The van der Waals surface area contributed by atoms with E-state index < -0.39 is 11.8 Å². The van der Waals surface area contributed by atoms with E-state index in [0.29, 0.717) is 10.9 Å². The van der Waals surface area contributed by atoms with Crippen LogP contribution in [-0.2, 0) is 0 Å². The van der Waals surface area contributed by atoms with Gasteiger partial charge in [0.15, 0.2) is 5.82 Å². The molecule has 3 aromatic rings. The number of hydrogen-bond donors (Lipinski definition) is 1. The fraction of sp³-hybridized carbons (Fsp3) is 0.280. The highest BCUT2D eigenvalue weighted by molar-refractivity contribution is 7.99. The first kappa shape index (κ1) is 22.6. The zero-order valence-corrected chi connectivity index (χ0v) is 19.5. The maximum absolute atomic E-state index is 14.9. The molecule has 1 aromatic heterocycles. The van der Waals surface area contributed by atoms with E-state index in [2.05, 4.69) is 22.6 Å². The summed E-state index contributed by atoms with van der Waals surface area (Å²) in [5.74, 6) is -1.57. The number of aromatic carboxylic acids is 1. The number of aromatic nitrogens is 1. The molecule has 1 N–H and O–H groups in total. The van der Waals surface area contributed by atoms with Gasteiger partial charge in [0.2, 0.25) is 0 Å². The van der Waals surface area contributed by atoms with Crippen LogP contribution in [0.5, 0.6) is 0 Å². The Morgan fingerprint density at radius 1 is 1.34 bits per heavy atom. The van der Waals surface area contributed by atoms with Gasteiger partial charge in [0.25, 0.3) is 0 Å². The van der Waals surface area contributed by atoms with Crippen molar-refractivity contribution in [3.63, 3.8) is 0 Å². The molecule has 1 aliphatic rings. The number of carbonyl (C=O) groups is 1. The quantitative estimate of drug-likeness (QED) is 0.410. The third kappa shape index (κ3) is 4.34. The van der Waals surface area contributed by atoms with Crippen molar-refractivity contribution in [2.24, 2.45) is 10.9 Å². The minimum atomic E-state index is -1.28. The smallest absolute Gasteiger partial charge is 0.338 e. The van der Waals surface area contributed by atoms with Crippen LogP contribution < -0.4 is 0 Å². The molecule has 4 nitrogen and oxygen atoms in total. The molecule has 166 valence electrons. The van der Waals surface area contributed by atoms with Gasteiger partial charge in [0.05, 0.1) is 16.8 Å². The lowest BCUT2D eigenvalue weighted by molar-refractivity contribution is 0.0691. The highest BCUT2D eigenvalue weighted by atomic mass is 35.5. The van der Waals surface area contributed by atoms with E-state index >= 15 is 0 Å². The van der Waals surface area contributed by atoms with Gasteiger partial charge in [0, 0.05) is 38.7 Å². The highest BCUT2D eigenvalue weighted by Crippen LogP contribution is 2.41. The maximum atomic E-state index is 14.9. The molecule has 2 heterocycles. The second-order valence-corrected chi connectivity index (χ2v) is 9.39. The summed E-state index contributed by atoms with van der Waals surface area (Å²) in [4.78, 5) is 17.1. The first-order valence-corrected chi connectivity index (χ1v) is 11.8. The fourth-order valence-corrected chi connectivity index (χ4v) is 5.44. The standard InChI is InChI=1S/C25H24ClFN2O2S/c1-3-5-16-10-11-28-14-18(12-16)29-15(2)24(19-9-8-17(26)13-21(19)29)32-22-7-4-6-20(23(22)27)25(30)31/h4,6-9,12-14,16H,3,5,10-11H2,1-2H3,(H,30,31). The van der Waals surface area contributed by atoms with Crippen molar-refractivity contribution in [1.29, 1.82) is 0 Å². The first-order valence-electron chi connectivity index (χ1n) is 10.6. The summed E-state index contributed by atoms with van der Waals surface area (Å²) in [5, 5.41) is 10.8.